The second kappa shape index (κ2) is 9.20. The first-order valence-electron chi connectivity index (χ1n) is 10.7. The van der Waals surface area contributed by atoms with E-state index in [0.717, 1.165) is 16.1 Å². The first-order chi connectivity index (χ1) is 16.3. The first-order valence-corrected chi connectivity index (χ1v) is 13.4. The largest absolute Gasteiger partial charge is 0.295 e. The fourth-order valence-corrected chi connectivity index (χ4v) is 6.34. The summed E-state index contributed by atoms with van der Waals surface area (Å²) in [6.45, 7) is 4.32. The Hall–Kier alpha value is -2.63. The molecule has 2 aromatic carbocycles. The van der Waals surface area contributed by atoms with Gasteiger partial charge in [0.1, 0.15) is 5.01 Å². The van der Waals surface area contributed by atoms with Crippen LogP contribution in [0.4, 0.5) is 0 Å². The summed E-state index contributed by atoms with van der Waals surface area (Å²) in [6.07, 6.45) is 0. The van der Waals surface area contributed by atoms with Crippen LogP contribution in [0.25, 0.3) is 15.5 Å². The van der Waals surface area contributed by atoms with E-state index in [1.807, 2.05) is 31.2 Å². The summed E-state index contributed by atoms with van der Waals surface area (Å²) >= 11 is 7.26. The van der Waals surface area contributed by atoms with Gasteiger partial charge in [0.25, 0.3) is 5.56 Å². The molecule has 11 heteroatoms. The average Bonchev–Trinajstić information content (AvgIpc) is 3.25. The van der Waals surface area contributed by atoms with Crippen molar-refractivity contribution in [3.05, 3.63) is 81.2 Å². The van der Waals surface area contributed by atoms with E-state index in [9.17, 15) is 13.2 Å². The minimum Gasteiger partial charge on any atom is -0.295 e. The van der Waals surface area contributed by atoms with E-state index < -0.39 is 10.0 Å². The lowest BCUT2D eigenvalue weighted by Crippen LogP contribution is -2.48. The summed E-state index contributed by atoms with van der Waals surface area (Å²) in [5.41, 5.74) is 2.53. The molecule has 2 aromatic heterocycles. The minimum atomic E-state index is -3.56. The van der Waals surface area contributed by atoms with Crippen LogP contribution < -0.4 is 5.56 Å². The Balaban J connectivity index is 1.29. The topological polar surface area (TPSA) is 87.9 Å². The molecule has 1 fully saturated rings. The van der Waals surface area contributed by atoms with Crippen LogP contribution in [0.1, 0.15) is 11.3 Å². The molecular formula is C23H22ClN5O3S2. The molecule has 1 aliphatic rings. The zero-order valence-electron chi connectivity index (χ0n) is 18.4. The Bertz CT molecular complexity index is 1490. The summed E-state index contributed by atoms with van der Waals surface area (Å²) in [7, 11) is -3.56. The molecule has 0 unspecified atom stereocenters. The molecule has 176 valence electrons. The van der Waals surface area contributed by atoms with Crippen molar-refractivity contribution in [1.29, 1.82) is 0 Å². The number of sulfonamides is 1. The number of fused-ring (bicyclic) bond motifs is 1. The van der Waals surface area contributed by atoms with Gasteiger partial charge in [0.05, 0.1) is 10.6 Å². The van der Waals surface area contributed by atoms with Crippen molar-refractivity contribution in [2.75, 3.05) is 26.2 Å². The van der Waals surface area contributed by atoms with Crippen LogP contribution in [-0.2, 0) is 16.6 Å². The fraction of sp³-hybridized carbons (Fsp3) is 0.261. The molecule has 0 saturated carbocycles. The van der Waals surface area contributed by atoms with E-state index in [2.05, 4.69) is 15.0 Å². The van der Waals surface area contributed by atoms with Gasteiger partial charge in [-0.1, -0.05) is 52.8 Å². The third kappa shape index (κ3) is 4.64. The highest BCUT2D eigenvalue weighted by molar-refractivity contribution is 7.89. The summed E-state index contributed by atoms with van der Waals surface area (Å²) in [5, 5.41) is 5.67. The van der Waals surface area contributed by atoms with Gasteiger partial charge in [0.15, 0.2) is 0 Å². The molecule has 1 saturated heterocycles. The van der Waals surface area contributed by atoms with E-state index in [1.54, 1.807) is 12.1 Å². The predicted molar refractivity (Wildman–Crippen MR) is 133 cm³/mol. The molecule has 3 heterocycles. The number of benzene rings is 2. The molecule has 0 aliphatic carbocycles. The van der Waals surface area contributed by atoms with Gasteiger partial charge in [-0.15, -0.1) is 0 Å². The number of hydrogen-bond donors (Lipinski definition) is 0. The maximum Gasteiger partial charge on any atom is 0.275 e. The molecule has 34 heavy (non-hydrogen) atoms. The van der Waals surface area contributed by atoms with Crippen molar-refractivity contribution in [2.24, 2.45) is 0 Å². The van der Waals surface area contributed by atoms with Gasteiger partial charge >= 0.3 is 0 Å². The zero-order valence-corrected chi connectivity index (χ0v) is 20.8. The van der Waals surface area contributed by atoms with Crippen LogP contribution in [0.2, 0.25) is 5.02 Å². The highest BCUT2D eigenvalue weighted by Crippen LogP contribution is 2.25. The maximum absolute atomic E-state index is 12.9. The van der Waals surface area contributed by atoms with Crippen LogP contribution in [0.15, 0.2) is 64.3 Å². The number of hydrogen-bond acceptors (Lipinski definition) is 7. The molecular weight excluding hydrogens is 494 g/mol. The summed E-state index contributed by atoms with van der Waals surface area (Å²) < 4.78 is 28.6. The lowest BCUT2D eigenvalue weighted by molar-refractivity contribution is 0.180. The number of aryl methyl sites for hydroxylation is 1. The average molecular weight is 516 g/mol. The first kappa shape index (κ1) is 23.1. The second-order valence-corrected chi connectivity index (χ2v) is 11.5. The standard InChI is InChI=1S/C23H22ClN5O3S2/c1-16-2-4-17(5-3-16)22-26-29-21(30)14-19(25-23(29)33-22)15-27-10-12-28(13-11-27)34(31,32)20-8-6-18(24)7-9-20/h2-9,14H,10-13,15H2,1H3. The highest BCUT2D eigenvalue weighted by atomic mass is 35.5. The monoisotopic (exact) mass is 515 g/mol. The molecule has 5 rings (SSSR count). The van der Waals surface area contributed by atoms with Crippen LogP contribution in [0, 0.1) is 6.92 Å². The van der Waals surface area contributed by atoms with Crippen LogP contribution in [0.3, 0.4) is 0 Å². The zero-order chi connectivity index (χ0) is 23.9. The summed E-state index contributed by atoms with van der Waals surface area (Å²) in [6, 6.07) is 15.7. The van der Waals surface area contributed by atoms with Gasteiger partial charge in [0, 0.05) is 49.4 Å². The molecule has 0 spiro atoms. The number of aromatic nitrogens is 3. The lowest BCUT2D eigenvalue weighted by Gasteiger charge is -2.33. The molecule has 0 radical (unpaired) electrons. The lowest BCUT2D eigenvalue weighted by atomic mass is 10.2. The van der Waals surface area contributed by atoms with E-state index in [0.29, 0.717) is 48.4 Å². The van der Waals surface area contributed by atoms with Crippen molar-refractivity contribution in [1.82, 2.24) is 23.8 Å². The number of nitrogens with zero attached hydrogens (tertiary/aromatic N) is 5. The molecule has 1 aliphatic heterocycles. The van der Waals surface area contributed by atoms with Crippen molar-refractivity contribution in [3.8, 4) is 10.6 Å². The quantitative estimate of drug-likeness (QED) is 0.405. The van der Waals surface area contributed by atoms with Crippen molar-refractivity contribution < 1.29 is 8.42 Å². The number of piperazine rings is 1. The smallest absolute Gasteiger partial charge is 0.275 e. The van der Waals surface area contributed by atoms with E-state index >= 15 is 0 Å². The Labute approximate surface area is 206 Å². The van der Waals surface area contributed by atoms with Crippen LogP contribution >= 0.6 is 22.9 Å². The van der Waals surface area contributed by atoms with E-state index in [1.165, 1.54) is 38.4 Å². The van der Waals surface area contributed by atoms with Crippen LogP contribution in [-0.4, -0.2) is 58.4 Å². The third-order valence-electron chi connectivity index (χ3n) is 5.76. The Morgan fingerprint density at radius 1 is 1.00 bits per heavy atom. The van der Waals surface area contributed by atoms with Gasteiger partial charge in [0.2, 0.25) is 15.0 Å². The molecule has 0 bridgehead atoms. The summed E-state index contributed by atoms with van der Waals surface area (Å²) in [5.74, 6) is 0. The molecule has 0 amide bonds. The van der Waals surface area contributed by atoms with E-state index in [4.69, 9.17) is 11.6 Å². The van der Waals surface area contributed by atoms with Gasteiger partial charge in [-0.3, -0.25) is 9.69 Å². The molecule has 0 atom stereocenters. The maximum atomic E-state index is 12.9. The number of rotatable bonds is 5. The molecule has 0 N–H and O–H groups in total. The Morgan fingerprint density at radius 3 is 2.35 bits per heavy atom. The molecule has 4 aromatic rings. The van der Waals surface area contributed by atoms with Crippen molar-refractivity contribution in [2.45, 2.75) is 18.4 Å². The summed E-state index contributed by atoms with van der Waals surface area (Å²) in [4.78, 5) is 20.2. The van der Waals surface area contributed by atoms with Crippen molar-refractivity contribution >= 4 is 37.9 Å². The Morgan fingerprint density at radius 2 is 1.68 bits per heavy atom. The van der Waals surface area contributed by atoms with Gasteiger partial charge in [-0.25, -0.2) is 13.4 Å². The van der Waals surface area contributed by atoms with E-state index in [-0.39, 0.29) is 10.5 Å². The van der Waals surface area contributed by atoms with Gasteiger partial charge in [-0.05, 0) is 31.2 Å². The van der Waals surface area contributed by atoms with Crippen molar-refractivity contribution in [3.63, 3.8) is 0 Å². The van der Waals surface area contributed by atoms with Crippen LogP contribution in [0.5, 0.6) is 0 Å². The highest BCUT2D eigenvalue weighted by Gasteiger charge is 2.28. The predicted octanol–water partition coefficient (Wildman–Crippen LogP) is 3.29. The normalized spacial score (nSPS) is 15.7. The molecule has 8 nitrogen and oxygen atoms in total. The fourth-order valence-electron chi connectivity index (χ4n) is 3.86. The minimum absolute atomic E-state index is 0.224. The van der Waals surface area contributed by atoms with Gasteiger partial charge < -0.3 is 0 Å². The second-order valence-electron chi connectivity index (χ2n) is 8.19. The Kier molecular flexibility index (Phi) is 6.26. The van der Waals surface area contributed by atoms with Gasteiger partial charge in [-0.2, -0.15) is 13.9 Å². The third-order valence-corrected chi connectivity index (χ3v) is 8.89. The SMILES string of the molecule is Cc1ccc(-c2nn3c(=O)cc(CN4CCN(S(=O)(=O)c5ccc(Cl)cc5)CC4)nc3s2)cc1. The number of halogens is 1.